The van der Waals surface area contributed by atoms with E-state index in [2.05, 4.69) is 34.1 Å². The van der Waals surface area contributed by atoms with Crippen LogP contribution < -0.4 is 14.8 Å². The first-order valence-electron chi connectivity index (χ1n) is 12.1. The number of aromatic nitrogens is 2. The van der Waals surface area contributed by atoms with Crippen molar-refractivity contribution in [3.8, 4) is 11.5 Å². The van der Waals surface area contributed by atoms with Crippen molar-refractivity contribution in [1.82, 2.24) is 14.9 Å². The van der Waals surface area contributed by atoms with Gasteiger partial charge in [-0.25, -0.2) is 4.98 Å². The first kappa shape index (κ1) is 23.4. The smallest absolute Gasteiger partial charge is 0.224 e. The average molecular weight is 480 g/mol. The molecule has 182 valence electrons. The molecular formula is C30H29N3O3. The minimum Gasteiger partial charge on any atom is -0.497 e. The number of imidazole rings is 1. The number of carbonyl (C=O) groups is 1. The highest BCUT2D eigenvalue weighted by Crippen LogP contribution is 2.26. The van der Waals surface area contributed by atoms with E-state index >= 15 is 0 Å². The lowest BCUT2D eigenvalue weighted by Crippen LogP contribution is -2.30. The largest absolute Gasteiger partial charge is 0.497 e. The summed E-state index contributed by atoms with van der Waals surface area (Å²) in [4.78, 5) is 17.6. The summed E-state index contributed by atoms with van der Waals surface area (Å²) in [6, 6.07) is 29.6. The molecule has 0 bridgehead atoms. The zero-order valence-electron chi connectivity index (χ0n) is 20.5. The Morgan fingerprint density at radius 3 is 2.53 bits per heavy atom. The molecule has 1 amide bonds. The molecule has 0 fully saturated rings. The quantitative estimate of drug-likeness (QED) is 0.295. The number of nitrogens with one attached hydrogen (secondary N) is 1. The van der Waals surface area contributed by atoms with Crippen molar-refractivity contribution in [3.05, 3.63) is 102 Å². The monoisotopic (exact) mass is 479 g/mol. The predicted molar refractivity (Wildman–Crippen MR) is 142 cm³/mol. The fourth-order valence-corrected chi connectivity index (χ4v) is 4.51. The fraction of sp³-hybridized carbons (Fsp3) is 0.200. The molecule has 0 saturated heterocycles. The van der Waals surface area contributed by atoms with E-state index in [-0.39, 0.29) is 11.9 Å². The van der Waals surface area contributed by atoms with Crippen molar-refractivity contribution >= 4 is 27.7 Å². The minimum absolute atomic E-state index is 0.0571. The Labute approximate surface area is 210 Å². The second-order valence-electron chi connectivity index (χ2n) is 8.75. The highest BCUT2D eigenvalue weighted by Gasteiger charge is 2.19. The topological polar surface area (TPSA) is 65.4 Å². The summed E-state index contributed by atoms with van der Waals surface area (Å²) in [6.07, 6.45) is 0.290. The molecule has 4 aromatic carbocycles. The third kappa shape index (κ3) is 5.03. The number of hydrogen-bond acceptors (Lipinski definition) is 4. The Morgan fingerprint density at radius 2 is 1.69 bits per heavy atom. The van der Waals surface area contributed by atoms with Crippen LogP contribution in [0.1, 0.15) is 24.4 Å². The van der Waals surface area contributed by atoms with Crippen LogP contribution in [-0.4, -0.2) is 29.2 Å². The van der Waals surface area contributed by atoms with Gasteiger partial charge in [-0.2, -0.15) is 0 Å². The molecule has 1 N–H and O–H groups in total. The van der Waals surface area contributed by atoms with Crippen molar-refractivity contribution in [2.24, 2.45) is 0 Å². The lowest BCUT2D eigenvalue weighted by Gasteiger charge is -2.17. The molecule has 1 aromatic heterocycles. The van der Waals surface area contributed by atoms with E-state index in [9.17, 15) is 4.79 Å². The first-order chi connectivity index (χ1) is 17.6. The van der Waals surface area contributed by atoms with Gasteiger partial charge in [-0.3, -0.25) is 4.79 Å². The van der Waals surface area contributed by atoms with Gasteiger partial charge in [0.25, 0.3) is 0 Å². The van der Waals surface area contributed by atoms with E-state index in [0.717, 1.165) is 44.7 Å². The van der Waals surface area contributed by atoms with Gasteiger partial charge in [0, 0.05) is 5.39 Å². The van der Waals surface area contributed by atoms with Gasteiger partial charge in [-0.1, -0.05) is 60.7 Å². The number of para-hydroxylation sites is 2. The maximum absolute atomic E-state index is 12.8. The molecule has 0 aliphatic heterocycles. The van der Waals surface area contributed by atoms with Gasteiger partial charge in [-0.15, -0.1) is 0 Å². The van der Waals surface area contributed by atoms with E-state index in [1.807, 2.05) is 73.7 Å². The van der Waals surface area contributed by atoms with Crippen LogP contribution in [0.2, 0.25) is 0 Å². The number of amides is 1. The number of nitrogens with zero attached hydrogens (tertiary/aromatic N) is 2. The maximum atomic E-state index is 12.8. The summed E-state index contributed by atoms with van der Waals surface area (Å²) in [7, 11) is 1.63. The summed E-state index contributed by atoms with van der Waals surface area (Å²) in [6.45, 7) is 3.06. The van der Waals surface area contributed by atoms with Crippen LogP contribution in [0.25, 0.3) is 21.8 Å². The maximum Gasteiger partial charge on any atom is 0.224 e. The van der Waals surface area contributed by atoms with Gasteiger partial charge >= 0.3 is 0 Å². The number of rotatable bonds is 9. The molecule has 0 aliphatic carbocycles. The molecule has 5 aromatic rings. The van der Waals surface area contributed by atoms with Crippen molar-refractivity contribution in [3.63, 3.8) is 0 Å². The van der Waals surface area contributed by atoms with E-state index in [1.165, 1.54) is 0 Å². The molecule has 0 aliphatic rings. The number of ether oxygens (including phenoxy) is 2. The first-order valence-corrected chi connectivity index (χ1v) is 12.1. The Kier molecular flexibility index (Phi) is 6.85. The lowest BCUT2D eigenvalue weighted by atomic mass is 10.1. The molecule has 36 heavy (non-hydrogen) atoms. The number of methoxy groups -OCH3 is 1. The molecular weight excluding hydrogens is 450 g/mol. The van der Waals surface area contributed by atoms with Gasteiger partial charge in [0.15, 0.2) is 0 Å². The average Bonchev–Trinajstić information content (AvgIpc) is 3.28. The number of fused-ring (bicyclic) bond motifs is 2. The Morgan fingerprint density at radius 1 is 0.944 bits per heavy atom. The zero-order valence-corrected chi connectivity index (χ0v) is 20.5. The van der Waals surface area contributed by atoms with Crippen LogP contribution in [-0.2, 0) is 17.8 Å². The van der Waals surface area contributed by atoms with Gasteiger partial charge in [0.2, 0.25) is 5.91 Å². The second-order valence-corrected chi connectivity index (χ2v) is 8.75. The summed E-state index contributed by atoms with van der Waals surface area (Å²) in [5.41, 5.74) is 2.84. The molecule has 1 atom stereocenters. The second kappa shape index (κ2) is 10.5. The third-order valence-corrected chi connectivity index (χ3v) is 6.29. The molecule has 0 saturated carbocycles. The fourth-order valence-electron chi connectivity index (χ4n) is 4.51. The molecule has 0 radical (unpaired) electrons. The summed E-state index contributed by atoms with van der Waals surface area (Å²) in [5, 5.41) is 5.36. The van der Waals surface area contributed by atoms with Crippen LogP contribution in [0.5, 0.6) is 11.5 Å². The zero-order chi connectivity index (χ0) is 24.9. The standard InChI is InChI=1S/C30H29N3O3/c1-21(31-29(34)20-22-14-16-24(35-2)17-15-22)30-32-26-11-5-6-12-27(26)33(30)18-19-36-28-13-7-9-23-8-3-4-10-25(23)28/h3-17,21H,18-20H2,1-2H3,(H,31,34). The van der Waals surface area contributed by atoms with E-state index in [4.69, 9.17) is 14.5 Å². The van der Waals surface area contributed by atoms with Crippen LogP contribution in [0.15, 0.2) is 91.0 Å². The Balaban J connectivity index is 1.31. The van der Waals surface area contributed by atoms with Gasteiger partial charge in [-0.05, 0) is 48.2 Å². The van der Waals surface area contributed by atoms with Crippen molar-refractivity contribution in [2.75, 3.05) is 13.7 Å². The third-order valence-electron chi connectivity index (χ3n) is 6.29. The Bertz CT molecular complexity index is 1490. The van der Waals surface area contributed by atoms with Gasteiger partial charge in [0.05, 0.1) is 37.2 Å². The summed E-state index contributed by atoms with van der Waals surface area (Å²) >= 11 is 0. The molecule has 0 spiro atoms. The lowest BCUT2D eigenvalue weighted by molar-refractivity contribution is -0.121. The highest BCUT2D eigenvalue weighted by atomic mass is 16.5. The number of benzene rings is 4. The minimum atomic E-state index is -0.263. The number of carbonyl (C=O) groups excluding carboxylic acids is 1. The van der Waals surface area contributed by atoms with Gasteiger partial charge in [0.1, 0.15) is 23.9 Å². The molecule has 1 heterocycles. The van der Waals surface area contributed by atoms with Crippen LogP contribution in [0, 0.1) is 0 Å². The SMILES string of the molecule is COc1ccc(CC(=O)NC(C)c2nc3ccccc3n2CCOc2cccc3ccccc23)cc1. The van der Waals surface area contributed by atoms with Crippen LogP contribution in [0.3, 0.4) is 0 Å². The predicted octanol–water partition coefficient (Wildman–Crippen LogP) is 5.70. The summed E-state index contributed by atoms with van der Waals surface area (Å²) in [5.74, 6) is 2.38. The van der Waals surface area contributed by atoms with E-state index in [1.54, 1.807) is 7.11 Å². The van der Waals surface area contributed by atoms with E-state index < -0.39 is 0 Å². The molecule has 1 unspecified atom stereocenters. The molecule has 5 rings (SSSR count). The molecule has 6 nitrogen and oxygen atoms in total. The van der Waals surface area contributed by atoms with Crippen molar-refractivity contribution < 1.29 is 14.3 Å². The number of hydrogen-bond donors (Lipinski definition) is 1. The van der Waals surface area contributed by atoms with Gasteiger partial charge < -0.3 is 19.4 Å². The van der Waals surface area contributed by atoms with Crippen molar-refractivity contribution in [1.29, 1.82) is 0 Å². The van der Waals surface area contributed by atoms with E-state index in [0.29, 0.717) is 19.6 Å². The highest BCUT2D eigenvalue weighted by molar-refractivity contribution is 5.88. The van der Waals surface area contributed by atoms with Crippen LogP contribution in [0.4, 0.5) is 0 Å². The summed E-state index contributed by atoms with van der Waals surface area (Å²) < 4.78 is 13.5. The Hall–Kier alpha value is -4.32. The normalized spacial score (nSPS) is 11.9. The molecule has 6 heteroatoms. The van der Waals surface area contributed by atoms with Crippen molar-refractivity contribution in [2.45, 2.75) is 25.9 Å². The van der Waals surface area contributed by atoms with Crippen LogP contribution >= 0.6 is 0 Å².